The number of piperidine rings is 1. The van der Waals surface area contributed by atoms with Crippen LogP contribution in [0.5, 0.6) is 0 Å². The molecule has 0 bridgehead atoms. The van der Waals surface area contributed by atoms with Crippen LogP contribution in [0.1, 0.15) is 24.9 Å². The van der Waals surface area contributed by atoms with E-state index in [9.17, 15) is 14.7 Å². The Morgan fingerprint density at radius 3 is 2.48 bits per heavy atom. The van der Waals surface area contributed by atoms with Crippen molar-refractivity contribution in [2.24, 2.45) is 11.8 Å². The van der Waals surface area contributed by atoms with Gasteiger partial charge in [-0.25, -0.2) is 0 Å². The Balaban J connectivity index is 1.84. The number of carboxylic acids is 1. The Morgan fingerprint density at radius 2 is 1.84 bits per heavy atom. The molecule has 0 aliphatic carbocycles. The SMILES string of the molecule is CC1CC(C(=O)O)CN(C(=O)C(c2ccccc2)N2CCSCC2)C1. The van der Waals surface area contributed by atoms with Crippen molar-refractivity contribution in [1.29, 1.82) is 0 Å². The largest absolute Gasteiger partial charge is 0.481 e. The molecular weight excluding hydrogens is 336 g/mol. The molecule has 2 saturated heterocycles. The second kappa shape index (κ2) is 8.23. The molecular formula is C19H26N2O3S. The summed E-state index contributed by atoms with van der Waals surface area (Å²) in [6.07, 6.45) is 0.648. The number of carbonyl (C=O) groups excluding carboxylic acids is 1. The first kappa shape index (κ1) is 18.3. The maximum absolute atomic E-state index is 13.4. The van der Waals surface area contributed by atoms with E-state index in [-0.39, 0.29) is 17.9 Å². The van der Waals surface area contributed by atoms with E-state index in [2.05, 4.69) is 4.90 Å². The lowest BCUT2D eigenvalue weighted by Gasteiger charge is -2.40. The third kappa shape index (κ3) is 4.36. The highest BCUT2D eigenvalue weighted by molar-refractivity contribution is 7.99. The van der Waals surface area contributed by atoms with Gasteiger partial charge in [-0.2, -0.15) is 11.8 Å². The van der Waals surface area contributed by atoms with Crippen molar-refractivity contribution in [1.82, 2.24) is 9.80 Å². The zero-order valence-electron chi connectivity index (χ0n) is 14.6. The summed E-state index contributed by atoms with van der Waals surface area (Å²) in [4.78, 5) is 28.9. The molecule has 3 rings (SSSR count). The van der Waals surface area contributed by atoms with Gasteiger partial charge in [-0.3, -0.25) is 14.5 Å². The van der Waals surface area contributed by atoms with Gasteiger partial charge < -0.3 is 10.0 Å². The van der Waals surface area contributed by atoms with Crippen LogP contribution in [0.2, 0.25) is 0 Å². The van der Waals surface area contributed by atoms with Crippen LogP contribution >= 0.6 is 11.8 Å². The van der Waals surface area contributed by atoms with Crippen molar-refractivity contribution in [3.63, 3.8) is 0 Å². The summed E-state index contributed by atoms with van der Waals surface area (Å²) >= 11 is 1.92. The van der Waals surface area contributed by atoms with Crippen molar-refractivity contribution < 1.29 is 14.7 Å². The quantitative estimate of drug-likeness (QED) is 0.891. The van der Waals surface area contributed by atoms with Crippen LogP contribution in [0, 0.1) is 11.8 Å². The molecule has 5 nitrogen and oxygen atoms in total. The molecule has 0 aromatic heterocycles. The summed E-state index contributed by atoms with van der Waals surface area (Å²) in [6, 6.07) is 9.60. The summed E-state index contributed by atoms with van der Waals surface area (Å²) in [7, 11) is 0. The number of aliphatic carboxylic acids is 1. The van der Waals surface area contributed by atoms with Crippen LogP contribution in [0.15, 0.2) is 30.3 Å². The number of hydrogen-bond donors (Lipinski definition) is 1. The molecule has 1 aromatic carbocycles. The van der Waals surface area contributed by atoms with Gasteiger partial charge in [-0.15, -0.1) is 0 Å². The lowest BCUT2D eigenvalue weighted by atomic mass is 9.89. The maximum atomic E-state index is 13.4. The Labute approximate surface area is 153 Å². The fourth-order valence-corrected chi connectivity index (χ4v) is 4.80. The number of rotatable bonds is 4. The van der Waals surface area contributed by atoms with Crippen LogP contribution < -0.4 is 0 Å². The summed E-state index contributed by atoms with van der Waals surface area (Å²) < 4.78 is 0. The Bertz CT molecular complexity index is 604. The molecule has 136 valence electrons. The molecule has 3 atom stereocenters. The van der Waals surface area contributed by atoms with Crippen molar-refractivity contribution in [3.8, 4) is 0 Å². The van der Waals surface area contributed by atoms with E-state index in [0.717, 1.165) is 30.2 Å². The molecule has 2 aliphatic rings. The Kier molecular flexibility index (Phi) is 6.02. The minimum atomic E-state index is -0.796. The van der Waals surface area contributed by atoms with Crippen molar-refractivity contribution in [3.05, 3.63) is 35.9 Å². The number of amides is 1. The number of likely N-dealkylation sites (tertiary alicyclic amines) is 1. The van der Waals surface area contributed by atoms with Gasteiger partial charge in [-0.05, 0) is 17.9 Å². The molecule has 2 aliphatic heterocycles. The number of thioether (sulfide) groups is 1. The smallest absolute Gasteiger partial charge is 0.308 e. The van der Waals surface area contributed by atoms with E-state index < -0.39 is 11.9 Å². The highest BCUT2D eigenvalue weighted by Gasteiger charge is 2.37. The Morgan fingerprint density at radius 1 is 1.16 bits per heavy atom. The van der Waals surface area contributed by atoms with Crippen molar-refractivity contribution in [2.75, 3.05) is 37.7 Å². The monoisotopic (exact) mass is 362 g/mol. The van der Waals surface area contributed by atoms with E-state index in [1.54, 1.807) is 4.90 Å². The van der Waals surface area contributed by atoms with E-state index in [0.29, 0.717) is 19.5 Å². The van der Waals surface area contributed by atoms with Gasteiger partial charge in [0.05, 0.1) is 5.92 Å². The highest BCUT2D eigenvalue weighted by atomic mass is 32.2. The molecule has 1 amide bonds. The van der Waals surface area contributed by atoms with Crippen LogP contribution in [-0.4, -0.2) is 64.5 Å². The zero-order valence-corrected chi connectivity index (χ0v) is 15.5. The zero-order chi connectivity index (χ0) is 17.8. The molecule has 2 fully saturated rings. The molecule has 25 heavy (non-hydrogen) atoms. The summed E-state index contributed by atoms with van der Waals surface area (Å²) in [5.41, 5.74) is 1.00. The van der Waals surface area contributed by atoms with Crippen LogP contribution in [0.4, 0.5) is 0 Å². The average molecular weight is 362 g/mol. The van der Waals surface area contributed by atoms with E-state index in [1.807, 2.05) is 49.0 Å². The maximum Gasteiger partial charge on any atom is 0.308 e. The number of nitrogens with zero attached hydrogens (tertiary/aromatic N) is 2. The van der Waals surface area contributed by atoms with Crippen molar-refractivity contribution >= 4 is 23.6 Å². The topological polar surface area (TPSA) is 60.9 Å². The fourth-order valence-electron chi connectivity index (χ4n) is 3.86. The van der Waals surface area contributed by atoms with Crippen LogP contribution in [0.3, 0.4) is 0 Å². The number of carbonyl (C=O) groups is 2. The van der Waals surface area contributed by atoms with Gasteiger partial charge in [-0.1, -0.05) is 37.3 Å². The number of benzene rings is 1. The number of hydrogen-bond acceptors (Lipinski definition) is 4. The first-order chi connectivity index (χ1) is 12.1. The Hall–Kier alpha value is -1.53. The van der Waals surface area contributed by atoms with Gasteiger partial charge >= 0.3 is 5.97 Å². The minimum Gasteiger partial charge on any atom is -0.481 e. The second-order valence-corrected chi connectivity index (χ2v) is 8.31. The van der Waals surface area contributed by atoms with Gasteiger partial charge in [0.15, 0.2) is 0 Å². The van der Waals surface area contributed by atoms with Gasteiger partial charge in [0.1, 0.15) is 6.04 Å². The van der Waals surface area contributed by atoms with Crippen LogP contribution in [0.25, 0.3) is 0 Å². The standard InChI is InChI=1S/C19H26N2O3S/c1-14-11-16(19(23)24)13-21(12-14)18(22)17(15-5-3-2-4-6-15)20-7-9-25-10-8-20/h2-6,14,16-17H,7-13H2,1H3,(H,23,24). The van der Waals surface area contributed by atoms with Gasteiger partial charge in [0, 0.05) is 37.7 Å². The van der Waals surface area contributed by atoms with E-state index in [4.69, 9.17) is 0 Å². The molecule has 1 N–H and O–H groups in total. The average Bonchev–Trinajstić information content (AvgIpc) is 2.63. The summed E-state index contributed by atoms with van der Waals surface area (Å²) in [5.74, 6) is 1.08. The van der Waals surface area contributed by atoms with Crippen LogP contribution in [-0.2, 0) is 9.59 Å². The molecule has 0 spiro atoms. The lowest BCUT2D eigenvalue weighted by Crippen LogP contribution is -2.51. The molecule has 1 aromatic rings. The van der Waals surface area contributed by atoms with E-state index in [1.165, 1.54) is 0 Å². The normalized spacial score (nSPS) is 26.2. The highest BCUT2D eigenvalue weighted by Crippen LogP contribution is 2.29. The van der Waals surface area contributed by atoms with Gasteiger partial charge in [0.2, 0.25) is 5.91 Å². The third-order valence-corrected chi connectivity index (χ3v) is 6.02. The lowest BCUT2D eigenvalue weighted by molar-refractivity contribution is -0.148. The van der Waals surface area contributed by atoms with Crippen molar-refractivity contribution in [2.45, 2.75) is 19.4 Å². The summed E-state index contributed by atoms with van der Waals surface area (Å²) in [6.45, 7) is 4.78. The molecule has 2 heterocycles. The summed E-state index contributed by atoms with van der Waals surface area (Å²) in [5, 5.41) is 9.41. The molecule has 3 unspecified atom stereocenters. The predicted molar refractivity (Wildman–Crippen MR) is 99.6 cm³/mol. The molecule has 0 radical (unpaired) electrons. The molecule has 6 heteroatoms. The minimum absolute atomic E-state index is 0.0518. The predicted octanol–water partition coefficient (Wildman–Crippen LogP) is 2.35. The third-order valence-electron chi connectivity index (χ3n) is 5.08. The van der Waals surface area contributed by atoms with Gasteiger partial charge in [0.25, 0.3) is 0 Å². The number of carboxylic acid groups (broad SMARTS) is 1. The second-order valence-electron chi connectivity index (χ2n) is 7.08. The van der Waals surface area contributed by atoms with E-state index >= 15 is 0 Å². The molecule has 0 saturated carbocycles. The fraction of sp³-hybridized carbons (Fsp3) is 0.579. The first-order valence-electron chi connectivity index (χ1n) is 8.94. The first-order valence-corrected chi connectivity index (χ1v) is 10.1.